The third kappa shape index (κ3) is 4.87. The number of carbonyl (C=O) groups is 2. The Morgan fingerprint density at radius 3 is 2.43 bits per heavy atom. The van der Waals surface area contributed by atoms with Crippen molar-refractivity contribution in [3.8, 4) is 11.5 Å². The Labute approximate surface area is 135 Å². The number of carbonyl (C=O) groups excluding carboxylic acids is 1. The third-order valence-corrected chi connectivity index (χ3v) is 3.71. The standard InChI is InChI=1S/C17H23NO5/c1-3-22-14-8-7-12(9-15(14)23-4-2)17(21)18-13(10-16(19)20)11-5-6-11/h7-9,11,13H,3-6,10H2,1-2H3,(H,18,21)(H,19,20). The molecule has 0 spiro atoms. The van der Waals surface area contributed by atoms with Crippen LogP contribution in [0.3, 0.4) is 0 Å². The summed E-state index contributed by atoms with van der Waals surface area (Å²) in [5.74, 6) is 0.193. The molecular weight excluding hydrogens is 298 g/mol. The molecule has 2 N–H and O–H groups in total. The maximum absolute atomic E-state index is 12.4. The highest BCUT2D eigenvalue weighted by molar-refractivity contribution is 5.95. The lowest BCUT2D eigenvalue weighted by molar-refractivity contribution is -0.137. The number of nitrogens with one attached hydrogen (secondary N) is 1. The molecular formula is C17H23NO5. The minimum Gasteiger partial charge on any atom is -0.490 e. The van der Waals surface area contributed by atoms with E-state index in [2.05, 4.69) is 5.32 Å². The largest absolute Gasteiger partial charge is 0.490 e. The summed E-state index contributed by atoms with van der Waals surface area (Å²) < 4.78 is 11.0. The molecule has 0 radical (unpaired) electrons. The van der Waals surface area contributed by atoms with Crippen LogP contribution in [-0.4, -0.2) is 36.2 Å². The van der Waals surface area contributed by atoms with Crippen molar-refractivity contribution in [2.24, 2.45) is 5.92 Å². The van der Waals surface area contributed by atoms with E-state index in [1.807, 2.05) is 13.8 Å². The first-order chi connectivity index (χ1) is 11.0. The van der Waals surface area contributed by atoms with Gasteiger partial charge in [0.1, 0.15) is 0 Å². The van der Waals surface area contributed by atoms with Gasteiger partial charge in [0, 0.05) is 11.6 Å². The quantitative estimate of drug-likeness (QED) is 0.730. The van der Waals surface area contributed by atoms with Crippen LogP contribution in [0, 0.1) is 5.92 Å². The van der Waals surface area contributed by atoms with Gasteiger partial charge < -0.3 is 19.9 Å². The Kier molecular flexibility index (Phi) is 5.84. The Balaban J connectivity index is 2.11. The van der Waals surface area contributed by atoms with Gasteiger partial charge in [0.05, 0.1) is 19.6 Å². The number of carboxylic acids is 1. The Hall–Kier alpha value is -2.24. The summed E-state index contributed by atoms with van der Waals surface area (Å²) in [6, 6.07) is 4.68. The molecule has 0 bridgehead atoms. The number of rotatable bonds is 9. The van der Waals surface area contributed by atoms with Crippen molar-refractivity contribution in [3.63, 3.8) is 0 Å². The van der Waals surface area contributed by atoms with E-state index in [1.54, 1.807) is 18.2 Å². The van der Waals surface area contributed by atoms with Crippen molar-refractivity contribution in [2.75, 3.05) is 13.2 Å². The van der Waals surface area contributed by atoms with Crippen molar-refractivity contribution >= 4 is 11.9 Å². The molecule has 0 aromatic heterocycles. The van der Waals surface area contributed by atoms with Crippen LogP contribution in [0.5, 0.6) is 11.5 Å². The Morgan fingerprint density at radius 1 is 1.22 bits per heavy atom. The maximum atomic E-state index is 12.4. The number of hydrogen-bond acceptors (Lipinski definition) is 4. The molecule has 126 valence electrons. The predicted molar refractivity (Wildman–Crippen MR) is 85.0 cm³/mol. The van der Waals surface area contributed by atoms with Crippen molar-refractivity contribution in [2.45, 2.75) is 39.2 Å². The summed E-state index contributed by atoms with van der Waals surface area (Å²) in [7, 11) is 0. The number of hydrogen-bond donors (Lipinski definition) is 2. The summed E-state index contributed by atoms with van der Waals surface area (Å²) in [6.45, 7) is 4.71. The zero-order chi connectivity index (χ0) is 16.8. The minimum atomic E-state index is -0.899. The van der Waals surface area contributed by atoms with Gasteiger partial charge in [-0.25, -0.2) is 0 Å². The van der Waals surface area contributed by atoms with Crippen molar-refractivity contribution in [1.29, 1.82) is 0 Å². The van der Waals surface area contributed by atoms with Crippen LogP contribution in [-0.2, 0) is 4.79 Å². The summed E-state index contributed by atoms with van der Waals surface area (Å²) in [5, 5.41) is 11.8. The van der Waals surface area contributed by atoms with Gasteiger partial charge in [-0.15, -0.1) is 0 Å². The van der Waals surface area contributed by atoms with Gasteiger partial charge >= 0.3 is 5.97 Å². The van der Waals surface area contributed by atoms with E-state index in [0.29, 0.717) is 30.3 Å². The fourth-order valence-electron chi connectivity index (χ4n) is 2.47. The number of ether oxygens (including phenoxy) is 2. The van der Waals surface area contributed by atoms with Crippen molar-refractivity contribution in [1.82, 2.24) is 5.32 Å². The average Bonchev–Trinajstić information content (AvgIpc) is 3.33. The highest BCUT2D eigenvalue weighted by Gasteiger charge is 2.34. The third-order valence-electron chi connectivity index (χ3n) is 3.71. The van der Waals surface area contributed by atoms with Gasteiger partial charge in [-0.1, -0.05) is 0 Å². The smallest absolute Gasteiger partial charge is 0.305 e. The fraction of sp³-hybridized carbons (Fsp3) is 0.529. The first-order valence-corrected chi connectivity index (χ1v) is 7.97. The van der Waals surface area contributed by atoms with Crippen LogP contribution in [0.4, 0.5) is 0 Å². The van der Waals surface area contributed by atoms with Gasteiger partial charge in [0.2, 0.25) is 0 Å². The molecule has 1 aliphatic rings. The number of benzene rings is 1. The lowest BCUT2D eigenvalue weighted by Crippen LogP contribution is -2.38. The second kappa shape index (κ2) is 7.85. The number of carboxylic acid groups (broad SMARTS) is 1. The molecule has 0 aliphatic heterocycles. The van der Waals surface area contributed by atoms with E-state index in [4.69, 9.17) is 14.6 Å². The second-order valence-electron chi connectivity index (χ2n) is 5.54. The van der Waals surface area contributed by atoms with E-state index < -0.39 is 5.97 Å². The molecule has 1 aliphatic carbocycles. The second-order valence-corrected chi connectivity index (χ2v) is 5.54. The van der Waals surface area contributed by atoms with Crippen molar-refractivity contribution in [3.05, 3.63) is 23.8 Å². The van der Waals surface area contributed by atoms with E-state index in [0.717, 1.165) is 12.8 Å². The Bertz CT molecular complexity index is 568. The molecule has 1 unspecified atom stereocenters. The zero-order valence-corrected chi connectivity index (χ0v) is 13.5. The molecule has 1 atom stereocenters. The first kappa shape index (κ1) is 17.1. The maximum Gasteiger partial charge on any atom is 0.305 e. The molecule has 6 heteroatoms. The minimum absolute atomic E-state index is 0.0498. The van der Waals surface area contributed by atoms with Crippen LogP contribution in [0.15, 0.2) is 18.2 Å². The van der Waals surface area contributed by atoms with Crippen LogP contribution >= 0.6 is 0 Å². The molecule has 0 heterocycles. The number of amides is 1. The molecule has 1 amide bonds. The van der Waals surface area contributed by atoms with E-state index in [9.17, 15) is 9.59 Å². The van der Waals surface area contributed by atoms with Gasteiger partial charge in [0.15, 0.2) is 11.5 Å². The van der Waals surface area contributed by atoms with Gasteiger partial charge in [0.25, 0.3) is 5.91 Å². The SMILES string of the molecule is CCOc1ccc(C(=O)NC(CC(=O)O)C2CC2)cc1OCC. The van der Waals surface area contributed by atoms with E-state index >= 15 is 0 Å². The predicted octanol–water partition coefficient (Wildman–Crippen LogP) is 2.47. The van der Waals surface area contributed by atoms with E-state index in [-0.39, 0.29) is 24.3 Å². The van der Waals surface area contributed by atoms with Crippen LogP contribution in [0.1, 0.15) is 43.5 Å². The summed E-state index contributed by atoms with van der Waals surface area (Å²) in [4.78, 5) is 23.3. The molecule has 1 saturated carbocycles. The highest BCUT2D eigenvalue weighted by atomic mass is 16.5. The van der Waals surface area contributed by atoms with Crippen LogP contribution in [0.2, 0.25) is 0 Å². The van der Waals surface area contributed by atoms with Gasteiger partial charge in [-0.3, -0.25) is 9.59 Å². The zero-order valence-electron chi connectivity index (χ0n) is 13.5. The average molecular weight is 321 g/mol. The molecule has 6 nitrogen and oxygen atoms in total. The first-order valence-electron chi connectivity index (χ1n) is 7.97. The molecule has 0 saturated heterocycles. The summed E-state index contributed by atoms with van der Waals surface area (Å²) in [5.41, 5.74) is 0.438. The normalized spacial score (nSPS) is 14.9. The molecule has 1 aromatic rings. The highest BCUT2D eigenvalue weighted by Crippen LogP contribution is 2.34. The summed E-state index contributed by atoms with van der Waals surface area (Å²) >= 11 is 0. The molecule has 2 rings (SSSR count). The molecule has 1 aromatic carbocycles. The van der Waals surface area contributed by atoms with Crippen LogP contribution in [0.25, 0.3) is 0 Å². The monoisotopic (exact) mass is 321 g/mol. The van der Waals surface area contributed by atoms with Gasteiger partial charge in [-0.2, -0.15) is 0 Å². The van der Waals surface area contributed by atoms with Crippen molar-refractivity contribution < 1.29 is 24.2 Å². The topological polar surface area (TPSA) is 84.9 Å². The molecule has 23 heavy (non-hydrogen) atoms. The summed E-state index contributed by atoms with van der Waals surface area (Å²) in [6.07, 6.45) is 1.88. The number of aliphatic carboxylic acids is 1. The molecule has 1 fully saturated rings. The fourth-order valence-corrected chi connectivity index (χ4v) is 2.47. The lowest BCUT2D eigenvalue weighted by atomic mass is 10.1. The lowest BCUT2D eigenvalue weighted by Gasteiger charge is -2.17. The van der Waals surface area contributed by atoms with E-state index in [1.165, 1.54) is 0 Å². The van der Waals surface area contributed by atoms with Crippen LogP contribution < -0.4 is 14.8 Å². The Morgan fingerprint density at radius 2 is 1.87 bits per heavy atom. The van der Waals surface area contributed by atoms with Gasteiger partial charge in [-0.05, 0) is 50.8 Å².